The fourth-order valence-electron chi connectivity index (χ4n) is 3.72. The van der Waals surface area contributed by atoms with Crippen molar-refractivity contribution in [3.8, 4) is 0 Å². The van der Waals surface area contributed by atoms with E-state index in [9.17, 15) is 24.6 Å². The lowest BCUT2D eigenvalue weighted by Crippen LogP contribution is -2.29. The molecule has 0 bridgehead atoms. The maximum atomic E-state index is 13.1. The number of nitrogens with zero attached hydrogens (tertiary/aromatic N) is 1. The Kier molecular flexibility index (Phi) is 5.67. The van der Waals surface area contributed by atoms with E-state index in [4.69, 9.17) is 0 Å². The molecule has 0 aromatic heterocycles. The molecule has 0 saturated carbocycles. The summed E-state index contributed by atoms with van der Waals surface area (Å²) in [6.07, 6.45) is 0. The third-order valence-corrected chi connectivity index (χ3v) is 5.86. The monoisotopic (exact) mass is 491 g/mol. The van der Waals surface area contributed by atoms with Gasteiger partial charge in [-0.1, -0.05) is 64.0 Å². The van der Waals surface area contributed by atoms with E-state index in [1.54, 1.807) is 54.6 Å². The first-order valence-corrected chi connectivity index (χ1v) is 10.5. The van der Waals surface area contributed by atoms with Crippen molar-refractivity contribution >= 4 is 45.0 Å². The average Bonchev–Trinajstić information content (AvgIpc) is 3.05. The van der Waals surface area contributed by atoms with Crippen LogP contribution in [0.25, 0.3) is 5.76 Å². The Hall–Kier alpha value is -3.71. The van der Waals surface area contributed by atoms with Crippen LogP contribution in [0.15, 0.2) is 82.8 Å². The minimum absolute atomic E-state index is 0.0162. The number of aryl methyl sites for hydroxylation is 1. The Morgan fingerprint density at radius 1 is 0.906 bits per heavy atom. The molecule has 3 aromatic rings. The second-order valence-electron chi connectivity index (χ2n) is 7.44. The number of aromatic carboxylic acids is 1. The predicted octanol–water partition coefficient (Wildman–Crippen LogP) is 5.08. The lowest BCUT2D eigenvalue weighted by atomic mass is 9.95. The maximum absolute atomic E-state index is 13.1. The Morgan fingerprint density at radius 3 is 2.19 bits per heavy atom. The number of carboxylic acid groups (broad SMARTS) is 1. The minimum Gasteiger partial charge on any atom is -0.507 e. The SMILES string of the molecule is Cc1ccc(C(O)=C2C(=O)C(=O)N(c3cccc(C(=O)O)c3)[C@@H]2c2ccc(Br)cc2)cc1. The summed E-state index contributed by atoms with van der Waals surface area (Å²) in [7, 11) is 0. The van der Waals surface area contributed by atoms with Crippen LogP contribution in [0.4, 0.5) is 5.69 Å². The van der Waals surface area contributed by atoms with E-state index in [2.05, 4.69) is 15.9 Å². The first-order valence-electron chi connectivity index (χ1n) is 9.75. The Labute approximate surface area is 192 Å². The number of Topliss-reactive ketones (excluding diaryl/α,β-unsaturated/α-hetero) is 1. The molecule has 6 nitrogen and oxygen atoms in total. The smallest absolute Gasteiger partial charge is 0.335 e. The topological polar surface area (TPSA) is 94.9 Å². The van der Waals surface area contributed by atoms with Gasteiger partial charge in [-0.3, -0.25) is 14.5 Å². The first kappa shape index (κ1) is 21.5. The van der Waals surface area contributed by atoms with Crippen LogP contribution in [-0.2, 0) is 9.59 Å². The molecule has 1 heterocycles. The highest BCUT2D eigenvalue weighted by Gasteiger charge is 2.47. The number of benzene rings is 3. The maximum Gasteiger partial charge on any atom is 0.335 e. The average molecular weight is 492 g/mol. The second-order valence-corrected chi connectivity index (χ2v) is 8.36. The molecule has 7 heteroatoms. The summed E-state index contributed by atoms with van der Waals surface area (Å²) in [6, 6.07) is 18.9. The van der Waals surface area contributed by atoms with E-state index in [1.807, 2.05) is 6.92 Å². The molecule has 0 unspecified atom stereocenters. The lowest BCUT2D eigenvalue weighted by Gasteiger charge is -2.25. The number of halogens is 1. The number of hydrogen-bond acceptors (Lipinski definition) is 4. The minimum atomic E-state index is -1.15. The van der Waals surface area contributed by atoms with Gasteiger partial charge in [0.25, 0.3) is 11.7 Å². The number of anilines is 1. The summed E-state index contributed by atoms with van der Waals surface area (Å²) in [4.78, 5) is 38.9. The first-order chi connectivity index (χ1) is 15.3. The van der Waals surface area contributed by atoms with Gasteiger partial charge in [-0.25, -0.2) is 4.79 Å². The van der Waals surface area contributed by atoms with Crippen molar-refractivity contribution in [1.82, 2.24) is 0 Å². The molecule has 2 N–H and O–H groups in total. The molecule has 0 spiro atoms. The second kappa shape index (κ2) is 8.43. The van der Waals surface area contributed by atoms with E-state index in [0.717, 1.165) is 10.0 Å². The van der Waals surface area contributed by atoms with Gasteiger partial charge in [0.1, 0.15) is 5.76 Å². The predicted molar refractivity (Wildman–Crippen MR) is 124 cm³/mol. The summed E-state index contributed by atoms with van der Waals surface area (Å²) < 4.78 is 0.810. The zero-order chi connectivity index (χ0) is 23.0. The summed E-state index contributed by atoms with van der Waals surface area (Å²) in [5, 5.41) is 20.4. The highest BCUT2D eigenvalue weighted by atomic mass is 79.9. The largest absolute Gasteiger partial charge is 0.507 e. The zero-order valence-electron chi connectivity index (χ0n) is 16.9. The van der Waals surface area contributed by atoms with Crippen molar-refractivity contribution in [1.29, 1.82) is 0 Å². The van der Waals surface area contributed by atoms with Crippen LogP contribution in [0.2, 0.25) is 0 Å². The number of amides is 1. The van der Waals surface area contributed by atoms with Crippen molar-refractivity contribution in [2.75, 3.05) is 4.90 Å². The Bertz CT molecular complexity index is 1260. The molecular weight excluding hydrogens is 474 g/mol. The lowest BCUT2D eigenvalue weighted by molar-refractivity contribution is -0.132. The fourth-order valence-corrected chi connectivity index (χ4v) is 3.98. The molecule has 1 aliphatic rings. The van der Waals surface area contributed by atoms with Crippen molar-refractivity contribution in [3.63, 3.8) is 0 Å². The van der Waals surface area contributed by atoms with E-state index in [1.165, 1.54) is 23.1 Å². The number of aliphatic hydroxyl groups excluding tert-OH is 1. The van der Waals surface area contributed by atoms with Crippen molar-refractivity contribution in [3.05, 3.63) is 105 Å². The molecule has 32 heavy (non-hydrogen) atoms. The van der Waals surface area contributed by atoms with Gasteiger partial charge in [0.05, 0.1) is 17.2 Å². The summed E-state index contributed by atoms with van der Waals surface area (Å²) >= 11 is 3.38. The van der Waals surface area contributed by atoms with Gasteiger partial charge < -0.3 is 10.2 Å². The van der Waals surface area contributed by atoms with Gasteiger partial charge in [-0.05, 0) is 42.8 Å². The van der Waals surface area contributed by atoms with Crippen LogP contribution < -0.4 is 4.90 Å². The van der Waals surface area contributed by atoms with Crippen LogP contribution in [0, 0.1) is 6.92 Å². The van der Waals surface area contributed by atoms with Gasteiger partial charge in [0.15, 0.2) is 0 Å². The van der Waals surface area contributed by atoms with Crippen molar-refractivity contribution in [2.24, 2.45) is 0 Å². The molecule has 1 saturated heterocycles. The number of hydrogen-bond donors (Lipinski definition) is 2. The zero-order valence-corrected chi connectivity index (χ0v) is 18.5. The van der Waals surface area contributed by atoms with Gasteiger partial charge >= 0.3 is 5.97 Å². The summed E-state index contributed by atoms with van der Waals surface area (Å²) in [5.41, 5.74) is 2.18. The molecule has 160 valence electrons. The number of rotatable bonds is 4. The van der Waals surface area contributed by atoms with Crippen LogP contribution in [-0.4, -0.2) is 27.9 Å². The number of aliphatic hydroxyl groups is 1. The van der Waals surface area contributed by atoms with E-state index >= 15 is 0 Å². The van der Waals surface area contributed by atoms with E-state index < -0.39 is 23.7 Å². The van der Waals surface area contributed by atoms with Gasteiger partial charge in [0.2, 0.25) is 0 Å². The molecule has 0 aliphatic carbocycles. The molecular formula is C25H18BrNO5. The molecule has 1 amide bonds. The van der Waals surface area contributed by atoms with Crippen molar-refractivity contribution < 1.29 is 24.6 Å². The van der Waals surface area contributed by atoms with Gasteiger partial charge in [-0.15, -0.1) is 0 Å². The Balaban J connectivity index is 1.94. The van der Waals surface area contributed by atoms with Crippen LogP contribution in [0.3, 0.4) is 0 Å². The molecule has 1 aliphatic heterocycles. The van der Waals surface area contributed by atoms with Gasteiger partial charge in [-0.2, -0.15) is 0 Å². The van der Waals surface area contributed by atoms with Crippen molar-refractivity contribution in [2.45, 2.75) is 13.0 Å². The highest BCUT2D eigenvalue weighted by Crippen LogP contribution is 2.42. The highest BCUT2D eigenvalue weighted by molar-refractivity contribution is 9.10. The summed E-state index contributed by atoms with van der Waals surface area (Å²) in [5.74, 6) is -3.11. The molecule has 0 radical (unpaired) electrons. The third-order valence-electron chi connectivity index (χ3n) is 5.33. The molecule has 1 atom stereocenters. The Morgan fingerprint density at radius 2 is 1.56 bits per heavy atom. The molecule has 3 aromatic carbocycles. The van der Waals surface area contributed by atoms with Gasteiger partial charge in [0, 0.05) is 15.7 Å². The quantitative estimate of drug-likeness (QED) is 0.301. The molecule has 1 fully saturated rings. The third kappa shape index (κ3) is 3.83. The molecule has 4 rings (SSSR count). The van der Waals surface area contributed by atoms with E-state index in [0.29, 0.717) is 11.1 Å². The number of ketones is 1. The fraction of sp³-hybridized carbons (Fsp3) is 0.0800. The summed E-state index contributed by atoms with van der Waals surface area (Å²) in [6.45, 7) is 1.90. The van der Waals surface area contributed by atoms with Crippen LogP contribution in [0.5, 0.6) is 0 Å². The number of carboxylic acids is 1. The number of carbonyl (C=O) groups excluding carboxylic acids is 2. The van der Waals surface area contributed by atoms with Crippen LogP contribution >= 0.6 is 15.9 Å². The normalized spacial score (nSPS) is 17.6. The number of carbonyl (C=O) groups is 3. The van der Waals surface area contributed by atoms with E-state index in [-0.39, 0.29) is 22.6 Å². The standard InChI is InChI=1S/C25H18BrNO5/c1-14-5-7-16(8-6-14)22(28)20-21(15-9-11-18(26)12-10-15)27(24(30)23(20)29)19-4-2-3-17(13-19)25(31)32/h2-13,21,28H,1H3,(H,31,32)/t21-/m1/s1. The van der Waals surface area contributed by atoms with Crippen LogP contribution in [0.1, 0.15) is 33.1 Å².